The van der Waals surface area contributed by atoms with Crippen molar-refractivity contribution in [3.8, 4) is 0 Å². The topological polar surface area (TPSA) is 64.7 Å². The van der Waals surface area contributed by atoms with Crippen LogP contribution in [0.15, 0.2) is 36.4 Å². The largest absolute Gasteiger partial charge is 0.377 e. The summed E-state index contributed by atoms with van der Waals surface area (Å²) in [6.45, 7) is 3.45. The fourth-order valence-electron chi connectivity index (χ4n) is 3.41. The molecule has 154 valence electrons. The van der Waals surface area contributed by atoms with E-state index in [1.54, 1.807) is 24.3 Å². The molecule has 0 unspecified atom stereocenters. The van der Waals surface area contributed by atoms with Crippen LogP contribution < -0.4 is 15.5 Å². The highest BCUT2D eigenvalue weighted by molar-refractivity contribution is 6.31. The lowest BCUT2D eigenvalue weighted by Crippen LogP contribution is -2.36. The molecule has 2 N–H and O–H groups in total. The minimum atomic E-state index is -0.390. The van der Waals surface area contributed by atoms with Crippen molar-refractivity contribution in [2.75, 3.05) is 42.7 Å². The number of halogens is 1. The summed E-state index contributed by atoms with van der Waals surface area (Å²) < 4.78 is 0. The van der Waals surface area contributed by atoms with Crippen LogP contribution in [-0.2, 0) is 0 Å². The monoisotopic (exact) mass is 414 g/mol. The zero-order valence-electron chi connectivity index (χ0n) is 17.1. The van der Waals surface area contributed by atoms with E-state index < -0.39 is 0 Å². The quantitative estimate of drug-likeness (QED) is 0.741. The molecule has 6 nitrogen and oxygen atoms in total. The van der Waals surface area contributed by atoms with Crippen LogP contribution in [0.3, 0.4) is 0 Å². The third kappa shape index (κ3) is 5.21. The highest BCUT2D eigenvalue weighted by Gasteiger charge is 2.22. The number of urea groups is 1. The van der Waals surface area contributed by atoms with Crippen LogP contribution in [-0.4, -0.2) is 44.0 Å². The number of hydrogen-bond donors (Lipinski definition) is 2. The maximum Gasteiger partial charge on any atom is 0.323 e. The Morgan fingerprint density at radius 1 is 0.966 bits per heavy atom. The minimum Gasteiger partial charge on any atom is -0.377 e. The van der Waals surface area contributed by atoms with Crippen molar-refractivity contribution in [1.82, 2.24) is 4.90 Å². The molecule has 3 rings (SSSR count). The molecule has 7 heteroatoms. The molecule has 3 amide bonds. The summed E-state index contributed by atoms with van der Waals surface area (Å²) in [5.41, 5.74) is 3.53. The second kappa shape index (κ2) is 9.18. The van der Waals surface area contributed by atoms with E-state index in [2.05, 4.69) is 10.6 Å². The van der Waals surface area contributed by atoms with Gasteiger partial charge in [0.2, 0.25) is 0 Å². The minimum absolute atomic E-state index is 0.00257. The Morgan fingerprint density at radius 3 is 2.21 bits per heavy atom. The number of carbonyl (C=O) groups excluding carboxylic acids is 2. The SMILES string of the molecule is Cc1ccc(NC(=O)Nc2ccc(N(C)C)c(C(=O)N3CCCCC3)c2)cc1Cl. The number of nitrogens with one attached hydrogen (secondary N) is 2. The lowest BCUT2D eigenvalue weighted by molar-refractivity contribution is 0.0725. The van der Waals surface area contributed by atoms with Crippen molar-refractivity contribution >= 4 is 40.6 Å². The summed E-state index contributed by atoms with van der Waals surface area (Å²) in [7, 11) is 3.81. The molecule has 29 heavy (non-hydrogen) atoms. The number of amides is 3. The maximum absolute atomic E-state index is 13.1. The smallest absolute Gasteiger partial charge is 0.323 e. The van der Waals surface area contributed by atoms with Crippen LogP contribution in [0.5, 0.6) is 0 Å². The molecule has 0 aliphatic carbocycles. The van der Waals surface area contributed by atoms with Crippen molar-refractivity contribution < 1.29 is 9.59 Å². The Balaban J connectivity index is 1.77. The van der Waals surface area contributed by atoms with Crippen molar-refractivity contribution in [1.29, 1.82) is 0 Å². The summed E-state index contributed by atoms with van der Waals surface area (Å²) in [6, 6.07) is 10.4. The molecule has 1 aliphatic rings. The van der Waals surface area contributed by atoms with Crippen LogP contribution in [0.4, 0.5) is 21.9 Å². The Hall–Kier alpha value is -2.73. The van der Waals surface area contributed by atoms with Gasteiger partial charge < -0.3 is 20.4 Å². The fraction of sp³-hybridized carbons (Fsp3) is 0.364. The number of aryl methyl sites for hydroxylation is 1. The van der Waals surface area contributed by atoms with Gasteiger partial charge >= 0.3 is 6.03 Å². The lowest BCUT2D eigenvalue weighted by Gasteiger charge is -2.28. The molecule has 1 aliphatic heterocycles. The molecule has 1 fully saturated rings. The highest BCUT2D eigenvalue weighted by atomic mass is 35.5. The first-order chi connectivity index (χ1) is 13.8. The second-order valence-corrected chi connectivity index (χ2v) is 7.93. The zero-order chi connectivity index (χ0) is 21.0. The average Bonchev–Trinajstić information content (AvgIpc) is 2.70. The van der Waals surface area contributed by atoms with Crippen molar-refractivity contribution in [3.05, 3.63) is 52.5 Å². The Morgan fingerprint density at radius 2 is 1.59 bits per heavy atom. The predicted octanol–water partition coefficient (Wildman–Crippen LogP) is 4.98. The van der Waals surface area contributed by atoms with Gasteiger partial charge in [-0.05, 0) is 62.1 Å². The number of piperidine rings is 1. The Labute approximate surface area is 176 Å². The Kier molecular flexibility index (Phi) is 6.64. The number of nitrogens with zero attached hydrogens (tertiary/aromatic N) is 2. The molecule has 0 aromatic heterocycles. The summed E-state index contributed by atoms with van der Waals surface area (Å²) in [4.78, 5) is 29.3. The van der Waals surface area contributed by atoms with E-state index in [1.165, 1.54) is 0 Å². The van der Waals surface area contributed by atoms with E-state index in [4.69, 9.17) is 11.6 Å². The van der Waals surface area contributed by atoms with E-state index in [0.29, 0.717) is 22.0 Å². The van der Waals surface area contributed by atoms with Crippen molar-refractivity contribution in [3.63, 3.8) is 0 Å². The predicted molar refractivity (Wildman–Crippen MR) is 119 cm³/mol. The van der Waals surface area contributed by atoms with Crippen LogP contribution in [0.25, 0.3) is 0 Å². The summed E-state index contributed by atoms with van der Waals surface area (Å²) in [5.74, 6) is 0.00257. The van der Waals surface area contributed by atoms with Gasteiger partial charge in [0.05, 0.1) is 5.56 Å². The summed E-state index contributed by atoms with van der Waals surface area (Å²) in [5, 5.41) is 6.16. The molecule has 2 aromatic rings. The third-order valence-corrected chi connectivity index (χ3v) is 5.45. The highest BCUT2D eigenvalue weighted by Crippen LogP contribution is 2.26. The second-order valence-electron chi connectivity index (χ2n) is 7.52. The van der Waals surface area contributed by atoms with Gasteiger partial charge in [-0.2, -0.15) is 0 Å². The van der Waals surface area contributed by atoms with Gasteiger partial charge in [-0.25, -0.2) is 4.79 Å². The van der Waals surface area contributed by atoms with E-state index >= 15 is 0 Å². The zero-order valence-corrected chi connectivity index (χ0v) is 17.8. The lowest BCUT2D eigenvalue weighted by atomic mass is 10.1. The standard InChI is InChI=1S/C22H27ClN4O2/c1-15-7-8-17(14-19(15)23)25-22(29)24-16-9-10-20(26(2)3)18(13-16)21(28)27-11-5-4-6-12-27/h7-10,13-14H,4-6,11-12H2,1-3H3,(H2,24,25,29). The van der Waals surface area contributed by atoms with Crippen molar-refractivity contribution in [2.45, 2.75) is 26.2 Å². The number of rotatable bonds is 4. The van der Waals surface area contributed by atoms with Crippen molar-refractivity contribution in [2.24, 2.45) is 0 Å². The number of benzene rings is 2. The molecule has 0 radical (unpaired) electrons. The van der Waals surface area contributed by atoms with Crippen LogP contribution in [0.1, 0.15) is 35.2 Å². The van der Waals surface area contributed by atoms with Crippen LogP contribution in [0, 0.1) is 6.92 Å². The molecule has 2 aromatic carbocycles. The molecule has 1 saturated heterocycles. The number of anilines is 3. The first-order valence-corrected chi connectivity index (χ1v) is 10.2. The van der Waals surface area contributed by atoms with Gasteiger partial charge in [-0.15, -0.1) is 0 Å². The molecular weight excluding hydrogens is 388 g/mol. The van der Waals surface area contributed by atoms with Gasteiger partial charge in [0.25, 0.3) is 5.91 Å². The normalized spacial score (nSPS) is 13.7. The van der Waals surface area contributed by atoms with Gasteiger partial charge in [0.1, 0.15) is 0 Å². The Bertz CT molecular complexity index is 908. The summed E-state index contributed by atoms with van der Waals surface area (Å²) >= 11 is 6.12. The van der Waals surface area contributed by atoms with Gasteiger partial charge in [0.15, 0.2) is 0 Å². The number of carbonyl (C=O) groups is 2. The van der Waals surface area contributed by atoms with E-state index in [1.807, 2.05) is 43.0 Å². The fourth-order valence-corrected chi connectivity index (χ4v) is 3.59. The average molecular weight is 415 g/mol. The first-order valence-electron chi connectivity index (χ1n) is 9.80. The first kappa shape index (κ1) is 21.0. The van der Waals surface area contributed by atoms with Crippen LogP contribution >= 0.6 is 11.6 Å². The number of likely N-dealkylation sites (tertiary alicyclic amines) is 1. The van der Waals surface area contributed by atoms with E-state index in [9.17, 15) is 9.59 Å². The third-order valence-electron chi connectivity index (χ3n) is 5.04. The summed E-state index contributed by atoms with van der Waals surface area (Å²) in [6.07, 6.45) is 3.22. The molecule has 0 bridgehead atoms. The molecule has 1 heterocycles. The molecular formula is C22H27ClN4O2. The molecule has 0 saturated carbocycles. The number of hydrogen-bond acceptors (Lipinski definition) is 3. The van der Waals surface area contributed by atoms with Gasteiger partial charge in [0, 0.05) is 49.3 Å². The van der Waals surface area contributed by atoms with Gasteiger partial charge in [-0.3, -0.25) is 4.79 Å². The molecule has 0 spiro atoms. The maximum atomic E-state index is 13.1. The van der Waals surface area contributed by atoms with E-state index in [0.717, 1.165) is 43.6 Å². The van der Waals surface area contributed by atoms with E-state index in [-0.39, 0.29) is 11.9 Å². The van der Waals surface area contributed by atoms with Crippen LogP contribution in [0.2, 0.25) is 5.02 Å². The van der Waals surface area contributed by atoms with Gasteiger partial charge in [-0.1, -0.05) is 17.7 Å². The molecule has 0 atom stereocenters.